The lowest BCUT2D eigenvalue weighted by molar-refractivity contribution is -0.660. The summed E-state index contributed by atoms with van der Waals surface area (Å²) in [6, 6.07) is 49.1. The molecule has 0 amide bonds. The van der Waals surface area contributed by atoms with Crippen molar-refractivity contribution in [3.63, 3.8) is 0 Å². The predicted octanol–water partition coefficient (Wildman–Crippen LogP) is 16.9. The van der Waals surface area contributed by atoms with Crippen molar-refractivity contribution in [3.05, 3.63) is 265 Å². The normalized spacial score (nSPS) is 12.2. The minimum absolute atomic E-state index is 0.520. The van der Waals surface area contributed by atoms with E-state index in [1.165, 1.54) is 135 Å². The van der Waals surface area contributed by atoms with Crippen molar-refractivity contribution in [3.8, 4) is 56.3 Å². The van der Waals surface area contributed by atoms with Crippen molar-refractivity contribution in [2.24, 2.45) is 35.2 Å². The Morgan fingerprint density at radius 2 is 0.762 bits per heavy atom. The third-order valence-electron chi connectivity index (χ3n) is 16.4. The molecule has 1 unspecified atom stereocenters. The van der Waals surface area contributed by atoms with E-state index >= 15 is 0 Å². The molecule has 0 aliphatic heterocycles. The second-order valence-corrected chi connectivity index (χ2v) is 23.6. The largest absolute Gasteiger partial charge is 0.215 e. The Morgan fingerprint density at radius 3 is 1.25 bits per heavy atom. The topological polar surface area (TPSA) is 19.4 Å². The second kappa shape index (κ2) is 28.9. The summed E-state index contributed by atoms with van der Waals surface area (Å²) in [5.41, 5.74) is 33.9. The fourth-order valence-corrected chi connectivity index (χ4v) is 10.9. The highest BCUT2D eigenvalue weighted by Gasteiger charge is 2.19. The molecule has 0 saturated heterocycles. The molecule has 5 aromatic heterocycles. The van der Waals surface area contributed by atoms with Gasteiger partial charge in [0.05, 0.1) is 0 Å². The summed E-state index contributed by atoms with van der Waals surface area (Å²) in [5, 5.41) is 0. The third-order valence-corrected chi connectivity index (χ3v) is 16.4. The Hall–Kier alpha value is -8.15. The van der Waals surface area contributed by atoms with E-state index in [1.54, 1.807) is 6.07 Å². The first-order valence-corrected chi connectivity index (χ1v) is 29.4. The maximum Gasteiger partial charge on any atom is 0.215 e. The zero-order chi connectivity index (χ0) is 65.3. The minimum atomic E-state index is -2.36. The monoisotopic (exact) mass is 1120 g/mol. The van der Waals surface area contributed by atoms with Gasteiger partial charge in [-0.3, -0.25) is 0 Å². The van der Waals surface area contributed by atoms with Gasteiger partial charge in [-0.2, -0.15) is 0 Å². The summed E-state index contributed by atoms with van der Waals surface area (Å²) in [4.78, 5) is 0. The van der Waals surface area contributed by atoms with Gasteiger partial charge in [0.1, 0.15) is 35.2 Å². The molecule has 0 aliphatic rings. The highest BCUT2D eigenvalue weighted by Crippen LogP contribution is 2.30. The van der Waals surface area contributed by atoms with Gasteiger partial charge in [-0.25, -0.2) is 22.8 Å². The number of hydrogen-bond donors (Lipinski definition) is 0. The molecule has 5 nitrogen and oxygen atoms in total. The highest BCUT2D eigenvalue weighted by atomic mass is 14.9. The van der Waals surface area contributed by atoms with Gasteiger partial charge < -0.3 is 0 Å². The highest BCUT2D eigenvalue weighted by molar-refractivity contribution is 5.67. The summed E-state index contributed by atoms with van der Waals surface area (Å²) in [7, 11) is 10.4. The quantitative estimate of drug-likeness (QED) is 0.148. The van der Waals surface area contributed by atoms with Gasteiger partial charge in [0.15, 0.2) is 31.0 Å². The first kappa shape index (κ1) is 59.0. The molecular weight excluding hydrogens is 1020 g/mol. The van der Waals surface area contributed by atoms with Crippen LogP contribution in [0.3, 0.4) is 0 Å². The predicted molar refractivity (Wildman–Crippen MR) is 355 cm³/mol. The zero-order valence-electron chi connectivity index (χ0n) is 58.9. The van der Waals surface area contributed by atoms with Gasteiger partial charge in [-0.05, 0) is 238 Å². The van der Waals surface area contributed by atoms with Crippen LogP contribution in [-0.4, -0.2) is 0 Å². The second-order valence-electron chi connectivity index (χ2n) is 23.6. The van der Waals surface area contributed by atoms with Gasteiger partial charge in [0, 0.05) is 92.5 Å². The van der Waals surface area contributed by atoms with Crippen molar-refractivity contribution in [1.82, 2.24) is 0 Å². The molecule has 434 valence electrons. The van der Waals surface area contributed by atoms with E-state index in [4.69, 9.17) is 5.48 Å². The molecule has 1 atom stereocenters. The van der Waals surface area contributed by atoms with Crippen LogP contribution in [-0.2, 0) is 35.2 Å². The van der Waals surface area contributed by atoms with E-state index in [1.807, 2.05) is 32.3 Å². The van der Waals surface area contributed by atoms with Crippen LogP contribution in [0.2, 0.25) is 0 Å². The number of rotatable bonds is 6. The lowest BCUT2D eigenvalue weighted by Crippen LogP contribution is -2.32. The number of hydrogen-bond acceptors (Lipinski definition) is 0. The van der Waals surface area contributed by atoms with Crippen molar-refractivity contribution in [1.29, 1.82) is 0 Å². The Labute approximate surface area is 512 Å². The van der Waals surface area contributed by atoms with Gasteiger partial charge in [0.2, 0.25) is 28.5 Å². The smallest absolute Gasteiger partial charge is 0.201 e. The first-order chi connectivity index (χ1) is 41.2. The zero-order valence-corrected chi connectivity index (χ0v) is 54.9. The van der Waals surface area contributed by atoms with Crippen LogP contribution in [0.25, 0.3) is 56.3 Å². The molecule has 0 N–H and O–H groups in total. The van der Waals surface area contributed by atoms with Gasteiger partial charge in [0.25, 0.3) is 0 Å². The molecule has 0 spiro atoms. The van der Waals surface area contributed by atoms with Crippen LogP contribution in [0.1, 0.15) is 120 Å². The van der Waals surface area contributed by atoms with Gasteiger partial charge >= 0.3 is 0 Å². The van der Waals surface area contributed by atoms with E-state index in [0.717, 1.165) is 16.8 Å². The van der Waals surface area contributed by atoms with Crippen molar-refractivity contribution in [2.45, 2.75) is 130 Å². The van der Waals surface area contributed by atoms with Crippen molar-refractivity contribution >= 4 is 0 Å². The fourth-order valence-electron chi connectivity index (χ4n) is 10.9. The molecule has 0 fully saturated rings. The maximum atomic E-state index is 8.24. The number of pyridine rings is 5. The third kappa shape index (κ3) is 16.3. The molecule has 0 bridgehead atoms. The summed E-state index contributed by atoms with van der Waals surface area (Å²) >= 11 is 0. The summed E-state index contributed by atoms with van der Waals surface area (Å²) < 4.78 is 41.8. The van der Waals surface area contributed by atoms with Crippen LogP contribution in [0.15, 0.2) is 171 Å². The lowest BCUT2D eigenvalue weighted by Gasteiger charge is -2.12. The van der Waals surface area contributed by atoms with E-state index in [-0.39, 0.29) is 0 Å². The van der Waals surface area contributed by atoms with E-state index in [9.17, 15) is 0 Å². The Balaban J connectivity index is 0.000000177. The Bertz CT molecular complexity index is 4130. The van der Waals surface area contributed by atoms with Gasteiger partial charge in [-0.1, -0.05) is 67.4 Å². The lowest BCUT2D eigenvalue weighted by atomic mass is 9.94. The van der Waals surface area contributed by atoms with Crippen LogP contribution in [0, 0.1) is 111 Å². The summed E-state index contributed by atoms with van der Waals surface area (Å²) in [6.07, 6.45) is 10.5. The van der Waals surface area contributed by atoms with Crippen LogP contribution in [0.4, 0.5) is 0 Å². The molecule has 0 radical (unpaired) electrons. The standard InChI is InChI=1S/C18H24N.2C16H20N.C15H18N.C14H16N/c1-12(2)16-7-8-17(14(4)11-16)18-15(5)13(3)9-10-19(18)6;1-11-6-7-16(17(5)10-11)15-9-13(3)12(2)8-14(15)4;1-11-6-7-16(17(5)10-11)15-9-12(2)8-13(3)14(15)4;1-11-9-13(3)14(10-12(11)2)15-7-5-6-8-16(15)4;1-11-7-8-12(2)13(10-11)14-6-4-5-9-15(14)3/h7-12H,1-6H3;2*6-10H,1-5H3;5-10H,1-4H3;4-10H,1-3H3/q5*+1/i1D3,12D;;;;. The van der Waals surface area contributed by atoms with Crippen LogP contribution >= 0.6 is 0 Å². The SMILES string of the molecule is Cc1cc(C)c(-c2cccc[n+]2C)cc1C.Cc1cc(C)c(C)c(-c2ccc(C)c[n+]2C)c1.Cc1ccc(-c2cc(C)c(C)cc2C)[n+](C)c1.Cc1ccc(C)c(-c2cccc[n+]2C)c1.[2H]C([2H])([2H])C([2H])(C)c1ccc(-c2c(C)c(C)cc[n+]2C)c(C)c1. The van der Waals surface area contributed by atoms with E-state index in [0.29, 0.717) is 5.56 Å². The first-order valence-electron chi connectivity index (χ1n) is 31.4. The summed E-state index contributed by atoms with van der Waals surface area (Å²) in [6.45, 7) is 33.3. The molecule has 5 heterocycles. The maximum absolute atomic E-state index is 8.24. The summed E-state index contributed by atoms with van der Waals surface area (Å²) in [5.74, 6) is -1.61. The molecule has 0 saturated carbocycles. The number of benzene rings is 5. The van der Waals surface area contributed by atoms with Crippen LogP contribution in [0.5, 0.6) is 0 Å². The molecule has 5 heteroatoms. The van der Waals surface area contributed by atoms with Crippen molar-refractivity contribution < 1.29 is 28.3 Å². The Morgan fingerprint density at radius 1 is 0.310 bits per heavy atom. The molecule has 0 aliphatic carbocycles. The van der Waals surface area contributed by atoms with E-state index in [2.05, 4.69) is 301 Å². The Kier molecular flexibility index (Phi) is 20.3. The average Bonchev–Trinajstić information content (AvgIpc) is 1.07. The van der Waals surface area contributed by atoms with Crippen LogP contribution < -0.4 is 22.8 Å². The average molecular weight is 1120 g/mol. The van der Waals surface area contributed by atoms with Gasteiger partial charge in [-0.15, -0.1) is 0 Å². The van der Waals surface area contributed by atoms with E-state index < -0.39 is 12.7 Å². The fraction of sp³-hybridized carbons (Fsp3) is 0.304. The molecule has 84 heavy (non-hydrogen) atoms. The number of aryl methyl sites for hydroxylation is 19. The molecule has 10 aromatic rings. The van der Waals surface area contributed by atoms with Crippen molar-refractivity contribution in [2.75, 3.05) is 0 Å². The number of aromatic nitrogens is 5. The molecular formula is C79H98N5+5. The molecule has 10 rings (SSSR count). The minimum Gasteiger partial charge on any atom is -0.201 e. The molecule has 5 aromatic carbocycles. The number of nitrogens with zero attached hydrogens (tertiary/aromatic N) is 5.